The number of hydrogen-bond donors (Lipinski definition) is 0. The summed E-state index contributed by atoms with van der Waals surface area (Å²) in [5, 5.41) is 3.65. The second-order valence-corrected chi connectivity index (χ2v) is 3.52. The van der Waals surface area contributed by atoms with Crippen molar-refractivity contribution in [2.24, 2.45) is 0 Å². The Morgan fingerprint density at radius 2 is 2.40 bits per heavy atom. The largest absolute Gasteiger partial charge is 0.467 e. The Hall–Kier alpha value is -1.59. The second kappa shape index (κ2) is 3.88. The van der Waals surface area contributed by atoms with E-state index in [-0.39, 0.29) is 0 Å². The van der Waals surface area contributed by atoms with Crippen LogP contribution in [0.5, 0.6) is 0 Å². The van der Waals surface area contributed by atoms with Gasteiger partial charge in [-0.15, -0.1) is 0 Å². The third-order valence-electron chi connectivity index (χ3n) is 2.62. The van der Waals surface area contributed by atoms with E-state index in [0.29, 0.717) is 18.7 Å². The molecular formula is C9H12N2O4. The van der Waals surface area contributed by atoms with Gasteiger partial charge in [-0.25, -0.2) is 14.2 Å². The van der Waals surface area contributed by atoms with Gasteiger partial charge in [0.2, 0.25) is 0 Å². The molecule has 82 valence electrons. The van der Waals surface area contributed by atoms with E-state index < -0.39 is 17.8 Å². The Kier molecular flexibility index (Phi) is 2.57. The number of fused-ring (bicyclic) bond motifs is 1. The van der Waals surface area contributed by atoms with Gasteiger partial charge in [0.15, 0.2) is 5.82 Å². The Balaban J connectivity index is 2.44. The van der Waals surface area contributed by atoms with Crippen molar-refractivity contribution >= 4 is 5.97 Å². The van der Waals surface area contributed by atoms with Crippen molar-refractivity contribution in [3.8, 4) is 0 Å². The summed E-state index contributed by atoms with van der Waals surface area (Å²) >= 11 is 0. The van der Waals surface area contributed by atoms with Crippen LogP contribution in [0.4, 0.5) is 0 Å². The van der Waals surface area contributed by atoms with E-state index in [0.717, 1.165) is 12.8 Å². The van der Waals surface area contributed by atoms with Crippen molar-refractivity contribution in [2.45, 2.75) is 31.7 Å². The average Bonchev–Trinajstić information content (AvgIpc) is 2.51. The van der Waals surface area contributed by atoms with E-state index in [1.54, 1.807) is 0 Å². The molecule has 15 heavy (non-hydrogen) atoms. The highest BCUT2D eigenvalue weighted by atomic mass is 16.5. The molecule has 0 aliphatic carbocycles. The fourth-order valence-electron chi connectivity index (χ4n) is 1.87. The molecule has 0 aromatic carbocycles. The van der Waals surface area contributed by atoms with Crippen LogP contribution in [0.1, 0.15) is 31.1 Å². The van der Waals surface area contributed by atoms with E-state index in [2.05, 4.69) is 14.4 Å². The fourth-order valence-corrected chi connectivity index (χ4v) is 1.87. The first-order valence-corrected chi connectivity index (χ1v) is 4.89. The van der Waals surface area contributed by atoms with Crippen LogP contribution in [0, 0.1) is 0 Å². The molecule has 0 saturated heterocycles. The molecule has 0 fully saturated rings. The predicted molar refractivity (Wildman–Crippen MR) is 49.4 cm³/mol. The average molecular weight is 212 g/mol. The summed E-state index contributed by atoms with van der Waals surface area (Å²) in [6, 6.07) is -0.578. The minimum atomic E-state index is -0.581. The molecule has 1 aliphatic heterocycles. The number of aryl methyl sites for hydroxylation is 1. The predicted octanol–water partition coefficient (Wildman–Crippen LogP) is 0.277. The quantitative estimate of drug-likeness (QED) is 0.625. The number of esters is 1. The Labute approximate surface area is 85.8 Å². The Morgan fingerprint density at radius 1 is 1.60 bits per heavy atom. The van der Waals surface area contributed by atoms with Gasteiger partial charge in [-0.1, -0.05) is 11.6 Å². The zero-order chi connectivity index (χ0) is 10.8. The molecule has 0 spiro atoms. The highest BCUT2D eigenvalue weighted by molar-refractivity contribution is 5.74. The molecule has 0 saturated carbocycles. The second-order valence-electron chi connectivity index (χ2n) is 3.52. The van der Waals surface area contributed by atoms with E-state index in [1.807, 2.05) is 0 Å². The Morgan fingerprint density at radius 3 is 3.13 bits per heavy atom. The normalized spacial score (nSPS) is 20.5. The first kappa shape index (κ1) is 9.95. The third kappa shape index (κ3) is 1.67. The molecule has 6 nitrogen and oxygen atoms in total. The molecule has 0 amide bonds. The number of nitrogens with zero attached hydrogens (tertiary/aromatic N) is 2. The summed E-state index contributed by atoms with van der Waals surface area (Å²) in [6.45, 7) is 0. The number of rotatable bonds is 1. The van der Waals surface area contributed by atoms with Gasteiger partial charge in [-0.3, -0.25) is 4.52 Å². The molecule has 6 heteroatoms. The maximum absolute atomic E-state index is 11.5. The molecular weight excluding hydrogens is 200 g/mol. The maximum atomic E-state index is 11.5. The first-order chi connectivity index (χ1) is 7.24. The van der Waals surface area contributed by atoms with Crippen LogP contribution >= 0.6 is 0 Å². The number of carbonyl (C=O) groups is 1. The van der Waals surface area contributed by atoms with E-state index in [4.69, 9.17) is 0 Å². The molecule has 0 N–H and O–H groups in total. The summed E-state index contributed by atoms with van der Waals surface area (Å²) in [7, 11) is 1.31. The topological polar surface area (TPSA) is 74.3 Å². The number of hydrogen-bond acceptors (Lipinski definition) is 5. The summed E-state index contributed by atoms with van der Waals surface area (Å²) in [5.74, 6) is -0.460. The molecule has 1 unspecified atom stereocenters. The lowest BCUT2D eigenvalue weighted by molar-refractivity contribution is -0.145. The van der Waals surface area contributed by atoms with Crippen LogP contribution in [0.25, 0.3) is 0 Å². The van der Waals surface area contributed by atoms with Crippen molar-refractivity contribution < 1.29 is 14.1 Å². The van der Waals surface area contributed by atoms with Gasteiger partial charge in [0.1, 0.15) is 6.04 Å². The number of methoxy groups -OCH3 is 1. The third-order valence-corrected chi connectivity index (χ3v) is 2.62. The molecule has 1 aliphatic rings. The lowest BCUT2D eigenvalue weighted by Gasteiger charge is -2.12. The smallest absolute Gasteiger partial charge is 0.442 e. The SMILES string of the molecule is COC(=O)C1CCCCc2noc(=O)n21. The van der Waals surface area contributed by atoms with Crippen molar-refractivity contribution in [1.29, 1.82) is 0 Å². The minimum Gasteiger partial charge on any atom is -0.467 e. The molecule has 1 atom stereocenters. The van der Waals surface area contributed by atoms with Crippen LogP contribution in [0.3, 0.4) is 0 Å². The van der Waals surface area contributed by atoms with Gasteiger partial charge in [0.05, 0.1) is 7.11 Å². The van der Waals surface area contributed by atoms with Crippen LogP contribution in [0.2, 0.25) is 0 Å². The van der Waals surface area contributed by atoms with Crippen LogP contribution < -0.4 is 5.76 Å². The maximum Gasteiger partial charge on any atom is 0.442 e. The van der Waals surface area contributed by atoms with Gasteiger partial charge in [-0.05, 0) is 12.8 Å². The molecule has 1 aromatic rings. The van der Waals surface area contributed by atoms with Gasteiger partial charge < -0.3 is 4.74 Å². The van der Waals surface area contributed by atoms with Crippen molar-refractivity contribution in [1.82, 2.24) is 9.72 Å². The standard InChI is InChI=1S/C9H12N2O4/c1-14-8(12)6-4-2-3-5-7-10-15-9(13)11(6)7/h6H,2-5H2,1H3. The highest BCUT2D eigenvalue weighted by Crippen LogP contribution is 2.21. The monoisotopic (exact) mass is 212 g/mol. The molecule has 2 heterocycles. The lowest BCUT2D eigenvalue weighted by atomic mass is 10.1. The molecule has 0 radical (unpaired) electrons. The number of carbonyl (C=O) groups excluding carboxylic acids is 1. The molecule has 0 bridgehead atoms. The number of aromatic nitrogens is 2. The van der Waals surface area contributed by atoms with Crippen molar-refractivity contribution in [3.63, 3.8) is 0 Å². The summed E-state index contributed by atoms with van der Waals surface area (Å²) in [6.07, 6.45) is 3.04. The summed E-state index contributed by atoms with van der Waals surface area (Å²) in [4.78, 5) is 22.9. The zero-order valence-electron chi connectivity index (χ0n) is 8.43. The fraction of sp³-hybridized carbons (Fsp3) is 0.667. The zero-order valence-corrected chi connectivity index (χ0v) is 8.43. The Bertz CT molecular complexity index is 420. The van der Waals surface area contributed by atoms with E-state index in [1.165, 1.54) is 11.7 Å². The van der Waals surface area contributed by atoms with Gasteiger partial charge in [0, 0.05) is 6.42 Å². The molecule has 1 aromatic heterocycles. The minimum absolute atomic E-state index is 0.413. The summed E-state index contributed by atoms with van der Waals surface area (Å²) in [5.41, 5.74) is 0. The van der Waals surface area contributed by atoms with Crippen molar-refractivity contribution in [3.05, 3.63) is 16.4 Å². The van der Waals surface area contributed by atoms with Gasteiger partial charge in [0.25, 0.3) is 0 Å². The van der Waals surface area contributed by atoms with Gasteiger partial charge >= 0.3 is 11.7 Å². The number of ether oxygens (including phenoxy) is 1. The first-order valence-electron chi connectivity index (χ1n) is 4.89. The summed E-state index contributed by atoms with van der Waals surface area (Å²) < 4.78 is 10.5. The van der Waals surface area contributed by atoms with E-state index in [9.17, 15) is 9.59 Å². The van der Waals surface area contributed by atoms with E-state index >= 15 is 0 Å². The van der Waals surface area contributed by atoms with Gasteiger partial charge in [-0.2, -0.15) is 0 Å². The lowest BCUT2D eigenvalue weighted by Crippen LogP contribution is -2.28. The van der Waals surface area contributed by atoms with Crippen LogP contribution in [-0.2, 0) is 16.0 Å². The highest BCUT2D eigenvalue weighted by Gasteiger charge is 2.29. The van der Waals surface area contributed by atoms with Crippen LogP contribution in [0.15, 0.2) is 9.32 Å². The van der Waals surface area contributed by atoms with Crippen molar-refractivity contribution in [2.75, 3.05) is 7.11 Å². The van der Waals surface area contributed by atoms with Crippen LogP contribution in [-0.4, -0.2) is 22.8 Å². The molecule has 2 rings (SSSR count).